The van der Waals surface area contributed by atoms with E-state index < -0.39 is 0 Å². The van der Waals surface area contributed by atoms with Gasteiger partial charge in [-0.2, -0.15) is 0 Å². The van der Waals surface area contributed by atoms with Crippen molar-refractivity contribution < 1.29 is 4.79 Å². The molecule has 0 aromatic carbocycles. The number of pyridine rings is 1. The molecule has 0 atom stereocenters. The largest absolute Gasteiger partial charge is 0.312 e. The maximum absolute atomic E-state index is 11.6. The van der Waals surface area contributed by atoms with Crippen LogP contribution in [0, 0.1) is 0 Å². The zero-order valence-electron chi connectivity index (χ0n) is 10.4. The first-order valence-electron chi connectivity index (χ1n) is 5.54. The summed E-state index contributed by atoms with van der Waals surface area (Å²) in [5.74, 6) is 0.523. The number of halogens is 1. The molecule has 0 radical (unpaired) electrons. The van der Waals surface area contributed by atoms with E-state index in [0.29, 0.717) is 18.8 Å². The van der Waals surface area contributed by atoms with Gasteiger partial charge in [0, 0.05) is 24.7 Å². The summed E-state index contributed by atoms with van der Waals surface area (Å²) in [6.07, 6.45) is 2.08. The zero-order valence-corrected chi connectivity index (χ0v) is 12.0. The molecule has 94 valence electrons. The van der Waals surface area contributed by atoms with Crippen LogP contribution in [0.1, 0.15) is 27.2 Å². The van der Waals surface area contributed by atoms with E-state index in [1.165, 1.54) is 0 Å². The molecule has 0 aliphatic heterocycles. The van der Waals surface area contributed by atoms with Crippen LogP contribution in [0.4, 0.5) is 5.82 Å². The zero-order chi connectivity index (χ0) is 12.9. The van der Waals surface area contributed by atoms with E-state index in [1.807, 2.05) is 6.07 Å². The predicted molar refractivity (Wildman–Crippen MR) is 72.9 cm³/mol. The molecule has 4 nitrogen and oxygen atoms in total. The maximum atomic E-state index is 11.6. The van der Waals surface area contributed by atoms with Gasteiger partial charge in [0.1, 0.15) is 5.82 Å². The highest BCUT2D eigenvalue weighted by Gasteiger charge is 2.10. The Morgan fingerprint density at radius 2 is 2.18 bits per heavy atom. The van der Waals surface area contributed by atoms with Crippen LogP contribution in [0.5, 0.6) is 0 Å². The van der Waals surface area contributed by atoms with Crippen LogP contribution in [0.25, 0.3) is 0 Å². The van der Waals surface area contributed by atoms with Crippen LogP contribution >= 0.6 is 15.9 Å². The lowest BCUT2D eigenvalue weighted by atomic mass is 10.1. The fraction of sp³-hybridized carbons (Fsp3) is 0.500. The van der Waals surface area contributed by atoms with Crippen molar-refractivity contribution in [2.75, 3.05) is 11.9 Å². The number of carbonyl (C=O) groups is 1. The molecule has 0 saturated carbocycles. The summed E-state index contributed by atoms with van der Waals surface area (Å²) in [4.78, 5) is 15.7. The maximum Gasteiger partial charge on any atom is 0.226 e. The lowest BCUT2D eigenvalue weighted by Crippen LogP contribution is -2.37. The second kappa shape index (κ2) is 6.12. The molecular weight excluding hydrogens is 282 g/mol. The molecule has 1 aromatic rings. The SMILES string of the molecule is CC(C)(C)NCCC(=O)Nc1ncccc1Br. The molecule has 1 heterocycles. The molecule has 0 aliphatic rings. The van der Waals surface area contributed by atoms with Crippen molar-refractivity contribution in [2.24, 2.45) is 0 Å². The average Bonchev–Trinajstić information content (AvgIpc) is 2.19. The van der Waals surface area contributed by atoms with Crippen molar-refractivity contribution in [2.45, 2.75) is 32.7 Å². The molecule has 0 aliphatic carbocycles. The molecule has 1 amide bonds. The Bertz CT molecular complexity index is 388. The predicted octanol–water partition coefficient (Wildman–Crippen LogP) is 2.56. The molecule has 2 N–H and O–H groups in total. The fourth-order valence-corrected chi connectivity index (χ4v) is 1.58. The summed E-state index contributed by atoms with van der Waals surface area (Å²) in [5.41, 5.74) is 0.0336. The number of aromatic nitrogens is 1. The average molecular weight is 300 g/mol. The Morgan fingerprint density at radius 3 is 2.76 bits per heavy atom. The van der Waals surface area contributed by atoms with Gasteiger partial charge in [-0.25, -0.2) is 4.98 Å². The van der Waals surface area contributed by atoms with Crippen LogP contribution in [0.15, 0.2) is 22.8 Å². The van der Waals surface area contributed by atoms with Crippen LogP contribution in [0.3, 0.4) is 0 Å². The van der Waals surface area contributed by atoms with E-state index in [9.17, 15) is 4.79 Å². The fourth-order valence-electron chi connectivity index (χ4n) is 1.22. The lowest BCUT2D eigenvalue weighted by Gasteiger charge is -2.20. The standard InChI is InChI=1S/C12H18BrN3O/c1-12(2,3)15-8-6-10(17)16-11-9(13)5-4-7-14-11/h4-5,7,15H,6,8H2,1-3H3,(H,14,16,17). The molecule has 0 bridgehead atoms. The number of anilines is 1. The molecule has 0 saturated heterocycles. The number of amides is 1. The molecule has 0 spiro atoms. The molecular formula is C12H18BrN3O. The first-order chi connectivity index (χ1) is 7.88. The Hall–Kier alpha value is -0.940. The number of hydrogen-bond acceptors (Lipinski definition) is 3. The first kappa shape index (κ1) is 14.1. The summed E-state index contributed by atoms with van der Waals surface area (Å²) >= 11 is 3.33. The minimum Gasteiger partial charge on any atom is -0.312 e. The van der Waals surface area contributed by atoms with E-state index in [4.69, 9.17) is 0 Å². The highest BCUT2D eigenvalue weighted by atomic mass is 79.9. The number of nitrogens with zero attached hydrogens (tertiary/aromatic N) is 1. The molecule has 0 unspecified atom stereocenters. The van der Waals surface area contributed by atoms with Gasteiger partial charge < -0.3 is 10.6 Å². The van der Waals surface area contributed by atoms with Crippen molar-refractivity contribution in [3.8, 4) is 0 Å². The van der Waals surface area contributed by atoms with Gasteiger partial charge in [0.05, 0.1) is 4.47 Å². The Morgan fingerprint density at radius 1 is 1.47 bits per heavy atom. The van der Waals surface area contributed by atoms with Gasteiger partial charge in [-0.05, 0) is 48.8 Å². The molecule has 0 fully saturated rings. The van der Waals surface area contributed by atoms with Crippen LogP contribution in [0.2, 0.25) is 0 Å². The van der Waals surface area contributed by atoms with E-state index in [2.05, 4.69) is 52.3 Å². The molecule has 17 heavy (non-hydrogen) atoms. The third kappa shape index (κ3) is 5.79. The van der Waals surface area contributed by atoms with Crippen molar-refractivity contribution in [3.63, 3.8) is 0 Å². The second-order valence-electron chi connectivity index (χ2n) is 4.81. The van der Waals surface area contributed by atoms with Crippen LogP contribution in [-0.2, 0) is 4.79 Å². The lowest BCUT2D eigenvalue weighted by molar-refractivity contribution is -0.116. The number of nitrogens with one attached hydrogen (secondary N) is 2. The highest BCUT2D eigenvalue weighted by Crippen LogP contribution is 2.18. The topological polar surface area (TPSA) is 54.0 Å². The summed E-state index contributed by atoms with van der Waals surface area (Å²) in [6, 6.07) is 3.65. The van der Waals surface area contributed by atoms with E-state index in [-0.39, 0.29) is 11.4 Å². The monoisotopic (exact) mass is 299 g/mol. The summed E-state index contributed by atoms with van der Waals surface area (Å²) < 4.78 is 0.789. The van der Waals surface area contributed by atoms with Gasteiger partial charge in [-0.3, -0.25) is 4.79 Å². The van der Waals surface area contributed by atoms with E-state index >= 15 is 0 Å². The number of hydrogen-bond donors (Lipinski definition) is 2. The van der Waals surface area contributed by atoms with Crippen LogP contribution in [-0.4, -0.2) is 23.0 Å². The van der Waals surface area contributed by atoms with Crippen molar-refractivity contribution in [3.05, 3.63) is 22.8 Å². The molecule has 1 rings (SSSR count). The van der Waals surface area contributed by atoms with Crippen molar-refractivity contribution in [1.29, 1.82) is 0 Å². The molecule has 5 heteroatoms. The summed E-state index contributed by atoms with van der Waals surface area (Å²) in [5, 5.41) is 6.02. The van der Waals surface area contributed by atoms with E-state index in [0.717, 1.165) is 4.47 Å². The molecule has 1 aromatic heterocycles. The third-order valence-electron chi connectivity index (χ3n) is 2.02. The minimum atomic E-state index is -0.0406. The van der Waals surface area contributed by atoms with Crippen molar-refractivity contribution >= 4 is 27.7 Å². The highest BCUT2D eigenvalue weighted by molar-refractivity contribution is 9.10. The normalized spacial score (nSPS) is 11.3. The Balaban J connectivity index is 2.38. The first-order valence-corrected chi connectivity index (χ1v) is 6.33. The van der Waals surface area contributed by atoms with Gasteiger partial charge in [-0.1, -0.05) is 0 Å². The summed E-state index contributed by atoms with van der Waals surface area (Å²) in [7, 11) is 0. The van der Waals surface area contributed by atoms with Gasteiger partial charge in [0.2, 0.25) is 5.91 Å². The van der Waals surface area contributed by atoms with Gasteiger partial charge >= 0.3 is 0 Å². The second-order valence-corrected chi connectivity index (χ2v) is 5.66. The smallest absolute Gasteiger partial charge is 0.226 e. The van der Waals surface area contributed by atoms with Crippen LogP contribution < -0.4 is 10.6 Å². The van der Waals surface area contributed by atoms with Crippen molar-refractivity contribution in [1.82, 2.24) is 10.3 Å². The number of rotatable bonds is 4. The number of carbonyl (C=O) groups excluding carboxylic acids is 1. The Labute approximate surface area is 110 Å². The Kier molecular flexibility index (Phi) is 5.08. The van der Waals surface area contributed by atoms with Gasteiger partial charge in [-0.15, -0.1) is 0 Å². The van der Waals surface area contributed by atoms with Gasteiger partial charge in [0.25, 0.3) is 0 Å². The quantitative estimate of drug-likeness (QED) is 0.898. The third-order valence-corrected chi connectivity index (χ3v) is 2.66. The van der Waals surface area contributed by atoms with Gasteiger partial charge in [0.15, 0.2) is 0 Å². The summed E-state index contributed by atoms with van der Waals surface area (Å²) in [6.45, 7) is 6.86. The minimum absolute atomic E-state index is 0.0336. The van der Waals surface area contributed by atoms with E-state index in [1.54, 1.807) is 12.3 Å².